The summed E-state index contributed by atoms with van der Waals surface area (Å²) in [6.45, 7) is 2.19. The fourth-order valence-corrected chi connectivity index (χ4v) is 3.30. The van der Waals surface area contributed by atoms with Gasteiger partial charge in [-0.3, -0.25) is 4.79 Å². The zero-order valence-corrected chi connectivity index (χ0v) is 12.7. The number of aliphatic hydroxyl groups excluding tert-OH is 1. The van der Waals surface area contributed by atoms with Crippen LogP contribution in [-0.4, -0.2) is 23.2 Å². The van der Waals surface area contributed by atoms with E-state index >= 15 is 0 Å². The molecule has 0 spiro atoms. The van der Waals surface area contributed by atoms with Gasteiger partial charge in [0.2, 0.25) is 0 Å². The van der Waals surface area contributed by atoms with Crippen molar-refractivity contribution in [1.29, 1.82) is 0 Å². The highest BCUT2D eigenvalue weighted by Crippen LogP contribution is 2.32. The summed E-state index contributed by atoms with van der Waals surface area (Å²) in [5.74, 6) is 0.438. The molecule has 2 N–H and O–H groups in total. The Labute approximate surface area is 122 Å². The minimum atomic E-state index is -0.447. The van der Waals surface area contributed by atoms with E-state index in [2.05, 4.69) is 28.2 Å². The molecule has 2 unspecified atom stereocenters. The zero-order chi connectivity index (χ0) is 13.9. The average molecular weight is 326 g/mol. The molecule has 19 heavy (non-hydrogen) atoms. The van der Waals surface area contributed by atoms with Crippen molar-refractivity contribution in [3.63, 3.8) is 0 Å². The topological polar surface area (TPSA) is 49.3 Å². The number of halogens is 1. The van der Waals surface area contributed by atoms with Crippen LogP contribution in [0.2, 0.25) is 0 Å². The normalized spacial score (nSPS) is 27.0. The number of amides is 1. The van der Waals surface area contributed by atoms with Crippen LogP contribution in [0.3, 0.4) is 0 Å². The van der Waals surface area contributed by atoms with Gasteiger partial charge in [0.15, 0.2) is 0 Å². The Balaban J connectivity index is 2.12. The Morgan fingerprint density at radius 3 is 3.00 bits per heavy atom. The first kappa shape index (κ1) is 14.5. The van der Waals surface area contributed by atoms with Gasteiger partial charge in [-0.05, 0) is 37.0 Å². The van der Waals surface area contributed by atoms with E-state index in [1.165, 1.54) is 6.42 Å². The number of aliphatic hydroxyl groups is 1. The summed E-state index contributed by atoms with van der Waals surface area (Å²) in [6.07, 6.45) is 3.94. The molecule has 1 aliphatic rings. The summed E-state index contributed by atoms with van der Waals surface area (Å²) in [6, 6.07) is 7.32. The summed E-state index contributed by atoms with van der Waals surface area (Å²) in [7, 11) is 0. The molecule has 3 nitrogen and oxygen atoms in total. The molecule has 0 aromatic heterocycles. The van der Waals surface area contributed by atoms with Gasteiger partial charge in [0, 0.05) is 10.0 Å². The highest BCUT2D eigenvalue weighted by Gasteiger charge is 2.35. The molecule has 0 heterocycles. The molecule has 2 atom stereocenters. The quantitative estimate of drug-likeness (QED) is 0.897. The molecule has 0 saturated heterocycles. The first-order chi connectivity index (χ1) is 9.04. The number of hydrogen-bond donors (Lipinski definition) is 2. The van der Waals surface area contributed by atoms with Crippen molar-refractivity contribution in [2.45, 2.75) is 38.1 Å². The van der Waals surface area contributed by atoms with Crippen LogP contribution in [0.4, 0.5) is 0 Å². The maximum Gasteiger partial charge on any atom is 0.251 e. The van der Waals surface area contributed by atoms with Gasteiger partial charge in [-0.1, -0.05) is 41.8 Å². The van der Waals surface area contributed by atoms with Crippen LogP contribution in [0.25, 0.3) is 0 Å². The maximum atomic E-state index is 12.3. The Morgan fingerprint density at radius 2 is 2.37 bits per heavy atom. The minimum Gasteiger partial charge on any atom is -0.394 e. The third-order valence-corrected chi connectivity index (χ3v) is 4.35. The molecule has 104 valence electrons. The minimum absolute atomic E-state index is 0.0110. The van der Waals surface area contributed by atoms with Gasteiger partial charge < -0.3 is 10.4 Å². The molecule has 0 radical (unpaired) electrons. The summed E-state index contributed by atoms with van der Waals surface area (Å²) in [4.78, 5) is 12.3. The van der Waals surface area contributed by atoms with Crippen molar-refractivity contribution in [1.82, 2.24) is 5.32 Å². The zero-order valence-electron chi connectivity index (χ0n) is 11.2. The average Bonchev–Trinajstić information content (AvgIpc) is 2.38. The summed E-state index contributed by atoms with van der Waals surface area (Å²) in [5, 5.41) is 12.7. The van der Waals surface area contributed by atoms with Crippen LogP contribution < -0.4 is 5.32 Å². The molecule has 2 rings (SSSR count). The SMILES string of the molecule is CC1CCCC(CO)(NC(=O)c2cccc(Br)c2)C1. The predicted molar refractivity (Wildman–Crippen MR) is 79.1 cm³/mol. The highest BCUT2D eigenvalue weighted by molar-refractivity contribution is 9.10. The second-order valence-corrected chi connectivity index (χ2v) is 6.52. The Kier molecular flexibility index (Phi) is 4.63. The smallest absolute Gasteiger partial charge is 0.251 e. The summed E-state index contributed by atoms with van der Waals surface area (Å²) >= 11 is 3.37. The van der Waals surface area contributed by atoms with E-state index < -0.39 is 5.54 Å². The van der Waals surface area contributed by atoms with Gasteiger partial charge in [0.05, 0.1) is 12.1 Å². The van der Waals surface area contributed by atoms with Crippen molar-refractivity contribution in [3.8, 4) is 0 Å². The van der Waals surface area contributed by atoms with Crippen LogP contribution in [-0.2, 0) is 0 Å². The molecule has 0 aliphatic heterocycles. The Morgan fingerprint density at radius 1 is 1.58 bits per heavy atom. The Hall–Kier alpha value is -0.870. The fourth-order valence-electron chi connectivity index (χ4n) is 2.90. The van der Waals surface area contributed by atoms with E-state index in [9.17, 15) is 9.90 Å². The first-order valence-corrected chi connectivity index (χ1v) is 7.53. The van der Waals surface area contributed by atoms with Crippen LogP contribution in [0, 0.1) is 5.92 Å². The fraction of sp³-hybridized carbons (Fsp3) is 0.533. The lowest BCUT2D eigenvalue weighted by atomic mass is 9.76. The number of rotatable bonds is 3. The third kappa shape index (κ3) is 3.57. The third-order valence-electron chi connectivity index (χ3n) is 3.86. The van der Waals surface area contributed by atoms with Gasteiger partial charge in [-0.2, -0.15) is 0 Å². The molecule has 1 aliphatic carbocycles. The largest absolute Gasteiger partial charge is 0.394 e. The van der Waals surface area contributed by atoms with Crippen molar-refractivity contribution < 1.29 is 9.90 Å². The van der Waals surface area contributed by atoms with Crippen molar-refractivity contribution in [2.75, 3.05) is 6.61 Å². The number of nitrogens with one attached hydrogen (secondary N) is 1. The van der Waals surface area contributed by atoms with E-state index in [4.69, 9.17) is 0 Å². The van der Waals surface area contributed by atoms with Crippen LogP contribution in [0.1, 0.15) is 43.0 Å². The lowest BCUT2D eigenvalue weighted by Crippen LogP contribution is -2.53. The predicted octanol–water partition coefficient (Wildman–Crippen LogP) is 3.12. The second kappa shape index (κ2) is 6.06. The van der Waals surface area contributed by atoms with Crippen LogP contribution in [0.15, 0.2) is 28.7 Å². The Bertz CT molecular complexity index is 463. The van der Waals surface area contributed by atoms with Crippen LogP contribution >= 0.6 is 15.9 Å². The van der Waals surface area contributed by atoms with E-state index in [1.807, 2.05) is 12.1 Å². The van der Waals surface area contributed by atoms with E-state index in [0.29, 0.717) is 11.5 Å². The van der Waals surface area contributed by atoms with Gasteiger partial charge in [-0.15, -0.1) is 0 Å². The van der Waals surface area contributed by atoms with Crippen molar-refractivity contribution >= 4 is 21.8 Å². The molecule has 1 fully saturated rings. The van der Waals surface area contributed by atoms with Crippen LogP contribution in [0.5, 0.6) is 0 Å². The highest BCUT2D eigenvalue weighted by atomic mass is 79.9. The molecule has 4 heteroatoms. The summed E-state index contributed by atoms with van der Waals surface area (Å²) in [5.41, 5.74) is 0.178. The van der Waals surface area contributed by atoms with E-state index in [1.54, 1.807) is 12.1 Å². The lowest BCUT2D eigenvalue weighted by molar-refractivity contribution is 0.0697. The van der Waals surface area contributed by atoms with E-state index in [0.717, 1.165) is 23.7 Å². The monoisotopic (exact) mass is 325 g/mol. The van der Waals surface area contributed by atoms with Gasteiger partial charge in [-0.25, -0.2) is 0 Å². The van der Waals surface area contributed by atoms with E-state index in [-0.39, 0.29) is 12.5 Å². The first-order valence-electron chi connectivity index (χ1n) is 6.74. The molecule has 0 bridgehead atoms. The van der Waals surface area contributed by atoms with Gasteiger partial charge >= 0.3 is 0 Å². The maximum absolute atomic E-state index is 12.3. The van der Waals surface area contributed by atoms with Gasteiger partial charge in [0.25, 0.3) is 5.91 Å². The molecule has 1 saturated carbocycles. The van der Waals surface area contributed by atoms with Crippen molar-refractivity contribution in [3.05, 3.63) is 34.3 Å². The van der Waals surface area contributed by atoms with Crippen molar-refractivity contribution in [2.24, 2.45) is 5.92 Å². The molecule has 1 amide bonds. The number of hydrogen-bond acceptors (Lipinski definition) is 2. The molecular formula is C15H20BrNO2. The molecular weight excluding hydrogens is 306 g/mol. The van der Waals surface area contributed by atoms with Gasteiger partial charge in [0.1, 0.15) is 0 Å². The lowest BCUT2D eigenvalue weighted by Gasteiger charge is -2.39. The number of carbonyl (C=O) groups is 1. The molecule has 1 aromatic carbocycles. The number of benzene rings is 1. The summed E-state index contributed by atoms with van der Waals surface area (Å²) < 4.78 is 0.884. The second-order valence-electron chi connectivity index (χ2n) is 5.60. The standard InChI is InChI=1S/C15H20BrNO2/c1-11-4-3-7-15(9-11,10-18)17-14(19)12-5-2-6-13(16)8-12/h2,5-6,8,11,18H,3-4,7,9-10H2,1H3,(H,17,19). The molecule has 1 aromatic rings. The number of carbonyl (C=O) groups excluding carboxylic acids is 1.